The maximum absolute atomic E-state index is 12.9. The number of carbonyl (C=O) groups excluding carboxylic acids is 1. The smallest absolute Gasteiger partial charge is 0.412 e. The Labute approximate surface area is 187 Å². The maximum atomic E-state index is 12.9. The Morgan fingerprint density at radius 3 is 2.44 bits per heavy atom. The largest absolute Gasteiger partial charge is 0.508 e. The highest BCUT2D eigenvalue weighted by Gasteiger charge is 2.34. The van der Waals surface area contributed by atoms with Gasteiger partial charge in [-0.05, 0) is 42.0 Å². The van der Waals surface area contributed by atoms with Crippen LogP contribution in [-0.4, -0.2) is 22.3 Å². The standard InChI is InChI=1S/C26H27NO5/c1-26(2,17-6-5-12-23(29)30)24(19-13-15-20(28)16-14-19)32-25(31)27-22-11-7-9-18-8-3-4-10-21(18)22/h3-5,7-16,24,28H,6,17H2,1-2H3,(H,27,31)(H,29,30)/b12-5+/t24-/m0/s1. The third-order valence-electron chi connectivity index (χ3n) is 5.37. The topological polar surface area (TPSA) is 95.9 Å². The summed E-state index contributed by atoms with van der Waals surface area (Å²) in [7, 11) is 0. The van der Waals surface area contributed by atoms with Gasteiger partial charge in [0, 0.05) is 16.9 Å². The van der Waals surface area contributed by atoms with Crippen molar-refractivity contribution in [1.82, 2.24) is 0 Å². The number of carboxylic acids is 1. The van der Waals surface area contributed by atoms with Gasteiger partial charge in [-0.25, -0.2) is 9.59 Å². The van der Waals surface area contributed by atoms with E-state index in [1.807, 2.05) is 56.3 Å². The van der Waals surface area contributed by atoms with Crippen molar-refractivity contribution >= 4 is 28.5 Å². The minimum Gasteiger partial charge on any atom is -0.508 e. The molecule has 0 fully saturated rings. The van der Waals surface area contributed by atoms with Crippen LogP contribution in [-0.2, 0) is 9.53 Å². The summed E-state index contributed by atoms with van der Waals surface area (Å²) in [4.78, 5) is 23.6. The predicted octanol–water partition coefficient (Wildman–Crippen LogP) is 6.28. The Bertz CT molecular complexity index is 1110. The molecule has 3 N–H and O–H groups in total. The Kier molecular flexibility index (Phi) is 7.15. The molecular weight excluding hydrogens is 406 g/mol. The number of allylic oxidation sites excluding steroid dienone is 1. The number of aliphatic carboxylic acids is 1. The minimum absolute atomic E-state index is 0.120. The molecule has 0 aliphatic rings. The summed E-state index contributed by atoms with van der Waals surface area (Å²) in [5.41, 5.74) is 0.887. The third kappa shape index (κ3) is 5.88. The molecule has 6 nitrogen and oxygen atoms in total. The van der Waals surface area contributed by atoms with Gasteiger partial charge in [-0.3, -0.25) is 5.32 Å². The zero-order valence-electron chi connectivity index (χ0n) is 18.1. The summed E-state index contributed by atoms with van der Waals surface area (Å²) >= 11 is 0. The summed E-state index contributed by atoms with van der Waals surface area (Å²) < 4.78 is 5.90. The van der Waals surface area contributed by atoms with Crippen molar-refractivity contribution in [3.05, 3.63) is 84.4 Å². The molecule has 0 aromatic heterocycles. The summed E-state index contributed by atoms with van der Waals surface area (Å²) in [6.45, 7) is 3.93. The van der Waals surface area contributed by atoms with Gasteiger partial charge in [0.15, 0.2) is 0 Å². The van der Waals surface area contributed by atoms with Crippen molar-refractivity contribution in [3.8, 4) is 5.75 Å². The first-order valence-corrected chi connectivity index (χ1v) is 10.4. The highest BCUT2D eigenvalue weighted by Crippen LogP contribution is 2.41. The summed E-state index contributed by atoms with van der Waals surface area (Å²) in [5.74, 6) is -0.876. The first kappa shape index (κ1) is 22.9. The lowest BCUT2D eigenvalue weighted by molar-refractivity contribution is -0.131. The second kappa shape index (κ2) is 10.0. The van der Waals surface area contributed by atoms with Crippen molar-refractivity contribution < 1.29 is 24.5 Å². The van der Waals surface area contributed by atoms with E-state index in [-0.39, 0.29) is 5.75 Å². The van der Waals surface area contributed by atoms with Crippen LogP contribution >= 0.6 is 0 Å². The zero-order chi connectivity index (χ0) is 23.1. The highest BCUT2D eigenvalue weighted by atomic mass is 16.6. The van der Waals surface area contributed by atoms with Gasteiger partial charge in [-0.1, -0.05) is 68.5 Å². The normalized spacial score (nSPS) is 12.6. The second-order valence-electron chi connectivity index (χ2n) is 8.30. The fourth-order valence-corrected chi connectivity index (χ4v) is 3.68. The fourth-order valence-electron chi connectivity index (χ4n) is 3.68. The fraction of sp³-hybridized carbons (Fsp3) is 0.231. The molecule has 1 atom stereocenters. The number of benzene rings is 3. The molecule has 166 valence electrons. The molecule has 0 heterocycles. The van der Waals surface area contributed by atoms with Crippen LogP contribution in [0, 0.1) is 5.41 Å². The van der Waals surface area contributed by atoms with Crippen LogP contribution in [0.2, 0.25) is 0 Å². The average molecular weight is 434 g/mol. The van der Waals surface area contributed by atoms with Crippen molar-refractivity contribution in [3.63, 3.8) is 0 Å². The Hall–Kier alpha value is -3.80. The van der Waals surface area contributed by atoms with E-state index in [0.717, 1.165) is 22.4 Å². The van der Waals surface area contributed by atoms with Gasteiger partial charge in [-0.15, -0.1) is 0 Å². The van der Waals surface area contributed by atoms with Crippen LogP contribution in [0.1, 0.15) is 38.4 Å². The van der Waals surface area contributed by atoms with Gasteiger partial charge in [0.05, 0.1) is 5.69 Å². The van der Waals surface area contributed by atoms with E-state index in [1.165, 1.54) is 0 Å². The van der Waals surface area contributed by atoms with Crippen molar-refractivity contribution in [2.45, 2.75) is 32.8 Å². The van der Waals surface area contributed by atoms with Crippen LogP contribution < -0.4 is 5.32 Å². The van der Waals surface area contributed by atoms with Crippen molar-refractivity contribution in [2.24, 2.45) is 5.41 Å². The number of rotatable bonds is 8. The van der Waals surface area contributed by atoms with Gasteiger partial charge in [0.2, 0.25) is 0 Å². The SMILES string of the molecule is CC(C)(CC/C=C/C(=O)O)[C@@H](OC(=O)Nc1cccc2ccccc12)c1ccc(O)cc1. The number of ether oxygens (including phenoxy) is 1. The molecule has 0 spiro atoms. The molecular formula is C26H27NO5. The molecule has 32 heavy (non-hydrogen) atoms. The predicted molar refractivity (Wildman–Crippen MR) is 125 cm³/mol. The van der Waals surface area contributed by atoms with Crippen LogP contribution in [0.25, 0.3) is 10.8 Å². The monoisotopic (exact) mass is 433 g/mol. The van der Waals surface area contributed by atoms with Gasteiger partial charge in [0.1, 0.15) is 11.9 Å². The first-order chi connectivity index (χ1) is 15.3. The van der Waals surface area contributed by atoms with Gasteiger partial charge >= 0.3 is 12.1 Å². The van der Waals surface area contributed by atoms with E-state index in [4.69, 9.17) is 9.84 Å². The number of phenols is 1. The molecule has 0 aliphatic carbocycles. The number of amides is 1. The van der Waals surface area contributed by atoms with Crippen LogP contribution in [0.5, 0.6) is 5.75 Å². The average Bonchev–Trinajstić information content (AvgIpc) is 2.76. The van der Waals surface area contributed by atoms with E-state index in [1.54, 1.807) is 30.3 Å². The molecule has 3 rings (SSSR count). The molecule has 3 aromatic carbocycles. The zero-order valence-corrected chi connectivity index (χ0v) is 18.1. The van der Waals surface area contributed by atoms with Crippen molar-refractivity contribution in [1.29, 1.82) is 0 Å². The van der Waals surface area contributed by atoms with Gasteiger partial charge in [0.25, 0.3) is 0 Å². The molecule has 1 amide bonds. The van der Waals surface area contributed by atoms with E-state index in [9.17, 15) is 14.7 Å². The van der Waals surface area contributed by atoms with Crippen LogP contribution in [0.3, 0.4) is 0 Å². The lowest BCUT2D eigenvalue weighted by Gasteiger charge is -2.34. The molecule has 0 saturated heterocycles. The number of nitrogens with one attached hydrogen (secondary N) is 1. The first-order valence-electron chi connectivity index (χ1n) is 10.4. The number of aromatic hydroxyl groups is 1. The molecule has 0 radical (unpaired) electrons. The number of hydrogen-bond acceptors (Lipinski definition) is 4. The highest BCUT2D eigenvalue weighted by molar-refractivity contribution is 6.00. The molecule has 0 saturated carbocycles. The van der Waals surface area contributed by atoms with Crippen LogP contribution in [0.4, 0.5) is 10.5 Å². The number of hydrogen-bond donors (Lipinski definition) is 3. The van der Waals surface area contributed by atoms with E-state index in [2.05, 4.69) is 5.32 Å². The molecule has 3 aromatic rings. The van der Waals surface area contributed by atoms with E-state index < -0.39 is 23.6 Å². The molecule has 0 unspecified atom stereocenters. The van der Waals surface area contributed by atoms with Crippen LogP contribution in [0.15, 0.2) is 78.9 Å². The maximum Gasteiger partial charge on any atom is 0.412 e. The second-order valence-corrected chi connectivity index (χ2v) is 8.30. The van der Waals surface area contributed by atoms with E-state index >= 15 is 0 Å². The summed E-state index contributed by atoms with van der Waals surface area (Å²) in [6.07, 6.45) is 2.60. The number of carbonyl (C=O) groups is 2. The third-order valence-corrected chi connectivity index (χ3v) is 5.37. The number of phenolic OH excluding ortho intramolecular Hbond substituents is 1. The summed E-state index contributed by atoms with van der Waals surface area (Å²) in [5, 5.41) is 23.2. The Morgan fingerprint density at radius 2 is 1.72 bits per heavy atom. The quantitative estimate of drug-likeness (QED) is 0.363. The molecule has 0 aliphatic heterocycles. The minimum atomic E-state index is -0.997. The van der Waals surface area contributed by atoms with Gasteiger partial charge in [-0.2, -0.15) is 0 Å². The Balaban J connectivity index is 1.82. The lowest BCUT2D eigenvalue weighted by atomic mass is 9.78. The van der Waals surface area contributed by atoms with Gasteiger partial charge < -0.3 is 14.9 Å². The molecule has 6 heteroatoms. The summed E-state index contributed by atoms with van der Waals surface area (Å²) in [6, 6.07) is 20.0. The number of fused-ring (bicyclic) bond motifs is 1. The van der Waals surface area contributed by atoms with E-state index in [0.29, 0.717) is 18.5 Å². The molecule has 0 bridgehead atoms. The number of carboxylic acid groups (broad SMARTS) is 1. The van der Waals surface area contributed by atoms with Crippen molar-refractivity contribution in [2.75, 3.05) is 5.32 Å². The number of anilines is 1. The lowest BCUT2D eigenvalue weighted by Crippen LogP contribution is -2.29. The Morgan fingerprint density at radius 1 is 1.03 bits per heavy atom.